The Labute approximate surface area is 89.1 Å². The van der Waals surface area contributed by atoms with Gasteiger partial charge in [-0.3, -0.25) is 4.79 Å². The van der Waals surface area contributed by atoms with Crippen LogP contribution in [0.15, 0.2) is 12.1 Å². The highest BCUT2D eigenvalue weighted by Crippen LogP contribution is 2.32. The molecule has 0 bridgehead atoms. The molecule has 1 rings (SSSR count). The van der Waals surface area contributed by atoms with Crippen molar-refractivity contribution in [3.05, 3.63) is 21.9 Å². The first-order valence-electron chi connectivity index (χ1n) is 4.85. The standard InChI is InChI=1S/C11H17NOS/c1-7(2)9(6-11(12)13)10-5-4-8(3)14-10/h4-5,7,9H,6H2,1-3H3,(H2,12,13). The number of hydrogen-bond acceptors (Lipinski definition) is 2. The minimum absolute atomic E-state index is 0.213. The Morgan fingerprint density at radius 3 is 2.50 bits per heavy atom. The minimum atomic E-state index is -0.213. The molecule has 3 heteroatoms. The van der Waals surface area contributed by atoms with E-state index in [4.69, 9.17) is 5.73 Å². The van der Waals surface area contributed by atoms with Crippen LogP contribution in [-0.4, -0.2) is 5.91 Å². The first-order valence-corrected chi connectivity index (χ1v) is 5.67. The summed E-state index contributed by atoms with van der Waals surface area (Å²) in [6, 6.07) is 4.20. The van der Waals surface area contributed by atoms with Gasteiger partial charge < -0.3 is 5.73 Å². The predicted molar refractivity (Wildman–Crippen MR) is 60.4 cm³/mol. The molecule has 0 aliphatic heterocycles. The molecule has 0 saturated heterocycles. The van der Waals surface area contributed by atoms with Gasteiger partial charge in [0.2, 0.25) is 5.91 Å². The van der Waals surface area contributed by atoms with Crippen molar-refractivity contribution in [3.8, 4) is 0 Å². The van der Waals surface area contributed by atoms with Crippen molar-refractivity contribution >= 4 is 17.2 Å². The van der Waals surface area contributed by atoms with Gasteiger partial charge in [0.05, 0.1) is 0 Å². The summed E-state index contributed by atoms with van der Waals surface area (Å²) in [6.07, 6.45) is 0.456. The Morgan fingerprint density at radius 1 is 1.50 bits per heavy atom. The SMILES string of the molecule is Cc1ccc(C(CC(N)=O)C(C)C)s1. The van der Waals surface area contributed by atoms with Crippen LogP contribution in [0, 0.1) is 12.8 Å². The molecule has 2 N–H and O–H groups in total. The maximum absolute atomic E-state index is 10.9. The minimum Gasteiger partial charge on any atom is -0.370 e. The summed E-state index contributed by atoms with van der Waals surface area (Å²) in [5, 5.41) is 0. The second-order valence-electron chi connectivity index (χ2n) is 3.97. The Balaban J connectivity index is 2.82. The van der Waals surface area contributed by atoms with E-state index in [1.54, 1.807) is 11.3 Å². The lowest BCUT2D eigenvalue weighted by molar-refractivity contribution is -0.118. The number of aryl methyl sites for hydroxylation is 1. The molecule has 14 heavy (non-hydrogen) atoms. The summed E-state index contributed by atoms with van der Waals surface area (Å²) in [6.45, 7) is 6.33. The van der Waals surface area contributed by atoms with Crippen LogP contribution in [0.1, 0.15) is 35.9 Å². The number of thiophene rings is 1. The fraction of sp³-hybridized carbons (Fsp3) is 0.545. The van der Waals surface area contributed by atoms with Crippen LogP contribution in [0.2, 0.25) is 0 Å². The Morgan fingerprint density at radius 2 is 2.14 bits per heavy atom. The van der Waals surface area contributed by atoms with Crippen molar-refractivity contribution in [1.29, 1.82) is 0 Å². The average molecular weight is 211 g/mol. The summed E-state index contributed by atoms with van der Waals surface area (Å²) >= 11 is 1.76. The lowest BCUT2D eigenvalue weighted by Gasteiger charge is -2.17. The van der Waals surface area contributed by atoms with Crippen molar-refractivity contribution in [2.24, 2.45) is 11.7 Å². The molecule has 0 saturated carbocycles. The third-order valence-corrected chi connectivity index (χ3v) is 3.49. The van der Waals surface area contributed by atoms with E-state index in [1.807, 2.05) is 0 Å². The van der Waals surface area contributed by atoms with Crippen molar-refractivity contribution in [1.82, 2.24) is 0 Å². The van der Waals surface area contributed by atoms with Gasteiger partial charge in [0, 0.05) is 22.1 Å². The van der Waals surface area contributed by atoms with Crippen molar-refractivity contribution in [2.45, 2.75) is 33.1 Å². The fourth-order valence-electron chi connectivity index (χ4n) is 1.53. The van der Waals surface area contributed by atoms with E-state index in [-0.39, 0.29) is 11.8 Å². The molecule has 78 valence electrons. The van der Waals surface area contributed by atoms with E-state index in [2.05, 4.69) is 32.9 Å². The summed E-state index contributed by atoms with van der Waals surface area (Å²) in [4.78, 5) is 13.5. The zero-order chi connectivity index (χ0) is 10.7. The lowest BCUT2D eigenvalue weighted by Crippen LogP contribution is -2.17. The van der Waals surface area contributed by atoms with Gasteiger partial charge in [-0.05, 0) is 25.0 Å². The van der Waals surface area contributed by atoms with E-state index >= 15 is 0 Å². The van der Waals surface area contributed by atoms with Gasteiger partial charge in [-0.1, -0.05) is 13.8 Å². The quantitative estimate of drug-likeness (QED) is 0.817. The zero-order valence-corrected chi connectivity index (χ0v) is 9.73. The molecular formula is C11H17NOS. The van der Waals surface area contributed by atoms with Crippen molar-refractivity contribution < 1.29 is 4.79 Å². The smallest absolute Gasteiger partial charge is 0.218 e. The molecule has 0 fully saturated rings. The number of carbonyl (C=O) groups is 1. The molecular weight excluding hydrogens is 194 g/mol. The normalized spacial score (nSPS) is 13.1. The molecule has 1 unspecified atom stereocenters. The number of carbonyl (C=O) groups excluding carboxylic acids is 1. The zero-order valence-electron chi connectivity index (χ0n) is 8.91. The molecule has 1 atom stereocenters. The molecule has 0 aliphatic rings. The highest BCUT2D eigenvalue weighted by atomic mass is 32.1. The predicted octanol–water partition coefficient (Wildman–Crippen LogP) is 2.67. The molecule has 1 aromatic heterocycles. The molecule has 1 heterocycles. The molecule has 0 spiro atoms. The monoisotopic (exact) mass is 211 g/mol. The van der Waals surface area contributed by atoms with E-state index in [0.29, 0.717) is 12.3 Å². The van der Waals surface area contributed by atoms with Crippen LogP contribution in [0.5, 0.6) is 0 Å². The topological polar surface area (TPSA) is 43.1 Å². The highest BCUT2D eigenvalue weighted by Gasteiger charge is 2.19. The van der Waals surface area contributed by atoms with Crippen LogP contribution < -0.4 is 5.73 Å². The number of nitrogens with two attached hydrogens (primary N) is 1. The fourth-order valence-corrected chi connectivity index (χ4v) is 2.69. The average Bonchev–Trinajstić information content (AvgIpc) is 2.46. The Kier molecular flexibility index (Phi) is 3.69. The van der Waals surface area contributed by atoms with Gasteiger partial charge in [-0.15, -0.1) is 11.3 Å². The lowest BCUT2D eigenvalue weighted by atomic mass is 9.91. The third-order valence-electron chi connectivity index (χ3n) is 2.35. The van der Waals surface area contributed by atoms with Crippen LogP contribution in [0.25, 0.3) is 0 Å². The van der Waals surface area contributed by atoms with E-state index < -0.39 is 0 Å². The second kappa shape index (κ2) is 4.60. The Hall–Kier alpha value is -0.830. The maximum atomic E-state index is 10.9. The molecule has 1 amide bonds. The molecule has 2 nitrogen and oxygen atoms in total. The number of amides is 1. The van der Waals surface area contributed by atoms with Gasteiger partial charge in [-0.2, -0.15) is 0 Å². The van der Waals surface area contributed by atoms with E-state index in [9.17, 15) is 4.79 Å². The van der Waals surface area contributed by atoms with Crippen LogP contribution in [0.3, 0.4) is 0 Å². The Bertz CT molecular complexity index is 317. The third kappa shape index (κ3) is 2.84. The summed E-state index contributed by atoms with van der Waals surface area (Å²) in [5.74, 6) is 0.529. The molecule has 1 aromatic rings. The first kappa shape index (κ1) is 11.2. The molecule has 0 aromatic carbocycles. The maximum Gasteiger partial charge on any atom is 0.218 e. The molecule has 0 radical (unpaired) electrons. The largest absolute Gasteiger partial charge is 0.370 e. The summed E-state index contributed by atoms with van der Waals surface area (Å²) in [7, 11) is 0. The van der Waals surface area contributed by atoms with Gasteiger partial charge in [0.1, 0.15) is 0 Å². The number of primary amides is 1. The van der Waals surface area contributed by atoms with Crippen LogP contribution in [-0.2, 0) is 4.79 Å². The van der Waals surface area contributed by atoms with Crippen molar-refractivity contribution in [2.75, 3.05) is 0 Å². The number of rotatable bonds is 4. The van der Waals surface area contributed by atoms with Gasteiger partial charge in [0.15, 0.2) is 0 Å². The highest BCUT2D eigenvalue weighted by molar-refractivity contribution is 7.12. The van der Waals surface area contributed by atoms with Gasteiger partial charge in [-0.25, -0.2) is 0 Å². The van der Waals surface area contributed by atoms with Gasteiger partial charge in [0.25, 0.3) is 0 Å². The first-order chi connectivity index (χ1) is 6.50. The van der Waals surface area contributed by atoms with Crippen LogP contribution in [0.4, 0.5) is 0 Å². The number of hydrogen-bond donors (Lipinski definition) is 1. The van der Waals surface area contributed by atoms with Crippen LogP contribution >= 0.6 is 11.3 Å². The van der Waals surface area contributed by atoms with Crippen molar-refractivity contribution in [3.63, 3.8) is 0 Å². The summed E-state index contributed by atoms with van der Waals surface area (Å²) < 4.78 is 0. The second-order valence-corrected chi connectivity index (χ2v) is 5.29. The summed E-state index contributed by atoms with van der Waals surface area (Å²) in [5.41, 5.74) is 5.24. The van der Waals surface area contributed by atoms with Gasteiger partial charge >= 0.3 is 0 Å². The van der Waals surface area contributed by atoms with E-state index in [0.717, 1.165) is 0 Å². The molecule has 0 aliphatic carbocycles. The van der Waals surface area contributed by atoms with E-state index in [1.165, 1.54) is 9.75 Å².